The molecule has 3 nitrogen and oxygen atoms in total. The van der Waals surface area contributed by atoms with Gasteiger partial charge in [0.05, 0.1) is 10.6 Å². The number of thiophene rings is 1. The Morgan fingerprint density at radius 2 is 2.47 bits per heavy atom. The molecule has 1 atom stereocenters. The van der Waals surface area contributed by atoms with Gasteiger partial charge in [-0.3, -0.25) is 0 Å². The van der Waals surface area contributed by atoms with Crippen molar-refractivity contribution in [3.63, 3.8) is 0 Å². The molecule has 0 aromatic carbocycles. The average Bonchev–Trinajstić information content (AvgIpc) is 2.94. The zero-order chi connectivity index (χ0) is 12.1. The number of nitrogens with zero attached hydrogens (tertiary/aromatic N) is 1. The Labute approximate surface area is 109 Å². The van der Waals surface area contributed by atoms with Gasteiger partial charge in [-0.15, -0.1) is 11.3 Å². The molecule has 0 amide bonds. The van der Waals surface area contributed by atoms with E-state index in [1.807, 2.05) is 42.3 Å². The van der Waals surface area contributed by atoms with Gasteiger partial charge in [0.1, 0.15) is 0 Å². The summed E-state index contributed by atoms with van der Waals surface area (Å²) in [4.78, 5) is 1.13. The predicted octanol–water partition coefficient (Wildman–Crippen LogP) is 3.37. The molecule has 0 radical (unpaired) electrons. The molecule has 2 rings (SSSR count). The first-order valence-corrected chi connectivity index (χ1v) is 7.62. The Morgan fingerprint density at radius 3 is 3.18 bits per heavy atom. The van der Waals surface area contributed by atoms with E-state index in [9.17, 15) is 0 Å². The molecule has 0 bridgehead atoms. The first kappa shape index (κ1) is 12.7. The summed E-state index contributed by atoms with van der Waals surface area (Å²) < 4.78 is 5.31. The van der Waals surface area contributed by atoms with Gasteiger partial charge in [0.2, 0.25) is 0 Å². The largest absolute Gasteiger partial charge is 0.355 e. The summed E-state index contributed by atoms with van der Waals surface area (Å²) in [6.45, 7) is 2.03. The van der Waals surface area contributed by atoms with Crippen molar-refractivity contribution in [3.8, 4) is 10.6 Å². The van der Waals surface area contributed by atoms with E-state index in [2.05, 4.69) is 5.16 Å². The highest BCUT2D eigenvalue weighted by Gasteiger charge is 2.07. The zero-order valence-corrected chi connectivity index (χ0v) is 11.4. The number of rotatable bonds is 6. The third-order valence-corrected chi connectivity index (χ3v) is 4.20. The summed E-state index contributed by atoms with van der Waals surface area (Å²) in [7, 11) is 0. The fourth-order valence-electron chi connectivity index (χ4n) is 1.36. The van der Waals surface area contributed by atoms with Crippen LogP contribution in [0, 0.1) is 0 Å². The van der Waals surface area contributed by atoms with Crippen molar-refractivity contribution in [2.24, 2.45) is 5.73 Å². The number of hydrogen-bond acceptors (Lipinski definition) is 5. The van der Waals surface area contributed by atoms with Crippen LogP contribution in [0.3, 0.4) is 0 Å². The lowest BCUT2D eigenvalue weighted by molar-refractivity contribution is 0.427. The van der Waals surface area contributed by atoms with Gasteiger partial charge in [-0.05, 0) is 30.5 Å². The minimum absolute atomic E-state index is 0.279. The van der Waals surface area contributed by atoms with Gasteiger partial charge in [-0.25, -0.2) is 0 Å². The summed E-state index contributed by atoms with van der Waals surface area (Å²) in [5.74, 6) is 2.82. The van der Waals surface area contributed by atoms with Crippen LogP contribution in [0.25, 0.3) is 10.6 Å². The summed E-state index contributed by atoms with van der Waals surface area (Å²) in [6, 6.07) is 6.35. The van der Waals surface area contributed by atoms with Crippen molar-refractivity contribution < 1.29 is 4.52 Å². The van der Waals surface area contributed by atoms with Gasteiger partial charge >= 0.3 is 0 Å². The topological polar surface area (TPSA) is 52.0 Å². The van der Waals surface area contributed by atoms with Gasteiger partial charge in [0.15, 0.2) is 5.76 Å². The fraction of sp³-hybridized carbons (Fsp3) is 0.417. The molecule has 2 N–H and O–H groups in total. The molecule has 0 aliphatic rings. The Bertz CT molecular complexity index is 437. The summed E-state index contributed by atoms with van der Waals surface area (Å²) >= 11 is 3.51. The lowest BCUT2D eigenvalue weighted by Crippen LogP contribution is -2.15. The van der Waals surface area contributed by atoms with Gasteiger partial charge in [-0.1, -0.05) is 11.2 Å². The molecule has 0 saturated carbocycles. The van der Waals surface area contributed by atoms with Gasteiger partial charge in [0, 0.05) is 17.9 Å². The highest BCUT2D eigenvalue weighted by molar-refractivity contribution is 7.98. The van der Waals surface area contributed by atoms with E-state index in [4.69, 9.17) is 10.3 Å². The smallest absolute Gasteiger partial charge is 0.177 e. The molecule has 0 saturated heterocycles. The van der Waals surface area contributed by atoms with Crippen molar-refractivity contribution in [1.82, 2.24) is 5.16 Å². The van der Waals surface area contributed by atoms with Crippen molar-refractivity contribution in [1.29, 1.82) is 0 Å². The maximum Gasteiger partial charge on any atom is 0.177 e. The van der Waals surface area contributed by atoms with Crippen LogP contribution < -0.4 is 5.73 Å². The standard InChI is InChI=1S/C12H16N2OS2/c1-9(13)4-6-16-8-10-7-11(15-14-10)12-3-2-5-17-12/h2-3,5,7,9H,4,6,8,13H2,1H3. The molecular formula is C12H16N2OS2. The first-order valence-electron chi connectivity index (χ1n) is 5.58. The maximum absolute atomic E-state index is 5.69. The van der Waals surface area contributed by atoms with E-state index in [1.165, 1.54) is 0 Å². The monoisotopic (exact) mass is 268 g/mol. The van der Waals surface area contributed by atoms with E-state index in [0.29, 0.717) is 0 Å². The summed E-state index contributed by atoms with van der Waals surface area (Å²) in [5.41, 5.74) is 6.70. The first-order chi connectivity index (χ1) is 8.25. The lowest BCUT2D eigenvalue weighted by atomic mass is 10.3. The van der Waals surface area contributed by atoms with Crippen LogP contribution in [0.1, 0.15) is 19.0 Å². The van der Waals surface area contributed by atoms with Crippen LogP contribution in [0.4, 0.5) is 0 Å². The second-order valence-electron chi connectivity index (χ2n) is 3.98. The van der Waals surface area contributed by atoms with Crippen molar-refractivity contribution in [3.05, 3.63) is 29.3 Å². The summed E-state index contributed by atoms with van der Waals surface area (Å²) in [6.07, 6.45) is 1.04. The molecule has 0 aliphatic heterocycles. The Balaban J connectivity index is 1.83. The van der Waals surface area contributed by atoms with Crippen LogP contribution >= 0.6 is 23.1 Å². The van der Waals surface area contributed by atoms with Gasteiger partial charge in [0.25, 0.3) is 0 Å². The van der Waals surface area contributed by atoms with Crippen LogP contribution in [0.15, 0.2) is 28.1 Å². The Morgan fingerprint density at radius 1 is 1.59 bits per heavy atom. The molecule has 5 heteroatoms. The van der Waals surface area contributed by atoms with E-state index in [-0.39, 0.29) is 6.04 Å². The maximum atomic E-state index is 5.69. The third kappa shape index (κ3) is 3.87. The second-order valence-corrected chi connectivity index (χ2v) is 6.03. The predicted molar refractivity (Wildman–Crippen MR) is 74.2 cm³/mol. The molecule has 92 valence electrons. The van der Waals surface area contributed by atoms with Crippen LogP contribution in [0.2, 0.25) is 0 Å². The van der Waals surface area contributed by atoms with E-state index < -0.39 is 0 Å². The van der Waals surface area contributed by atoms with Gasteiger partial charge < -0.3 is 10.3 Å². The van der Waals surface area contributed by atoms with Crippen molar-refractivity contribution >= 4 is 23.1 Å². The zero-order valence-electron chi connectivity index (χ0n) is 9.76. The average molecular weight is 268 g/mol. The fourth-order valence-corrected chi connectivity index (χ4v) is 3.06. The number of aromatic nitrogens is 1. The number of nitrogens with two attached hydrogens (primary N) is 1. The summed E-state index contributed by atoms with van der Waals surface area (Å²) in [5, 5.41) is 6.11. The molecule has 1 unspecified atom stereocenters. The van der Waals surface area contributed by atoms with Crippen molar-refractivity contribution in [2.75, 3.05) is 5.75 Å². The normalized spacial score (nSPS) is 12.8. The molecule has 17 heavy (non-hydrogen) atoms. The Kier molecular flexibility index (Phi) is 4.65. The highest BCUT2D eigenvalue weighted by Crippen LogP contribution is 2.26. The molecule has 0 spiro atoms. The molecule has 2 aromatic rings. The SMILES string of the molecule is CC(N)CCSCc1cc(-c2cccs2)on1. The van der Waals surface area contributed by atoms with Crippen LogP contribution in [0.5, 0.6) is 0 Å². The highest BCUT2D eigenvalue weighted by atomic mass is 32.2. The lowest BCUT2D eigenvalue weighted by Gasteiger charge is -2.02. The van der Waals surface area contributed by atoms with E-state index in [0.717, 1.165) is 34.3 Å². The molecule has 2 aromatic heterocycles. The molecule has 2 heterocycles. The van der Waals surface area contributed by atoms with E-state index >= 15 is 0 Å². The molecular weight excluding hydrogens is 252 g/mol. The minimum Gasteiger partial charge on any atom is -0.355 e. The molecule has 0 aliphatic carbocycles. The Hall–Kier alpha value is -0.780. The second kappa shape index (κ2) is 6.23. The quantitative estimate of drug-likeness (QED) is 0.816. The minimum atomic E-state index is 0.279. The van der Waals surface area contributed by atoms with Crippen molar-refractivity contribution in [2.45, 2.75) is 25.1 Å². The third-order valence-electron chi connectivity index (χ3n) is 2.29. The van der Waals surface area contributed by atoms with E-state index in [1.54, 1.807) is 11.3 Å². The van der Waals surface area contributed by atoms with Crippen LogP contribution in [-0.2, 0) is 5.75 Å². The van der Waals surface area contributed by atoms with Crippen LogP contribution in [-0.4, -0.2) is 17.0 Å². The molecule has 0 fully saturated rings. The van der Waals surface area contributed by atoms with Gasteiger partial charge in [-0.2, -0.15) is 11.8 Å². The number of hydrogen-bond donors (Lipinski definition) is 1. The number of thioether (sulfide) groups is 1.